The van der Waals surface area contributed by atoms with Crippen LogP contribution in [0.2, 0.25) is 0 Å². The third kappa shape index (κ3) is 3.67. The third-order valence-corrected chi connectivity index (χ3v) is 2.64. The van der Waals surface area contributed by atoms with Gasteiger partial charge in [0.15, 0.2) is 0 Å². The number of hydrogen-bond donors (Lipinski definition) is 2. The predicted octanol–water partition coefficient (Wildman–Crippen LogP) is 1.95. The van der Waals surface area contributed by atoms with Gasteiger partial charge in [-0.2, -0.15) is 0 Å². The van der Waals surface area contributed by atoms with Crippen molar-refractivity contribution in [3.8, 4) is 11.8 Å². The number of carbonyl (C=O) groups is 1. The second kappa shape index (κ2) is 6.50. The number of benzene rings is 1. The van der Waals surface area contributed by atoms with Crippen molar-refractivity contribution in [2.24, 2.45) is 5.73 Å². The molecule has 1 aromatic carbocycles. The Hall–Kier alpha value is -2.64. The van der Waals surface area contributed by atoms with Crippen molar-refractivity contribution in [1.29, 1.82) is 0 Å². The summed E-state index contributed by atoms with van der Waals surface area (Å²) >= 11 is 0. The molecule has 3 N–H and O–H groups in total. The number of carbonyl (C=O) groups excluding carboxylic acids is 1. The highest BCUT2D eigenvalue weighted by Gasteiger charge is 2.06. The van der Waals surface area contributed by atoms with Crippen molar-refractivity contribution in [3.63, 3.8) is 0 Å². The van der Waals surface area contributed by atoms with Gasteiger partial charge in [-0.1, -0.05) is 29.5 Å². The minimum absolute atomic E-state index is 0.243. The standard InChI is InChI=1S/C16H15N3O/c1-12-4-7-14(8-5-12)19-16(20)15-9-6-13(11-18-15)3-2-10-17/h4-9,11H,10,17H2,1H3,(H,19,20). The first-order chi connectivity index (χ1) is 9.69. The van der Waals surface area contributed by atoms with Gasteiger partial charge in [0.1, 0.15) is 5.69 Å². The Morgan fingerprint density at radius 1 is 1.25 bits per heavy atom. The fourth-order valence-electron chi connectivity index (χ4n) is 1.59. The van der Waals surface area contributed by atoms with E-state index in [2.05, 4.69) is 22.1 Å². The van der Waals surface area contributed by atoms with Gasteiger partial charge in [0.25, 0.3) is 5.91 Å². The number of rotatable bonds is 2. The van der Waals surface area contributed by atoms with E-state index >= 15 is 0 Å². The van der Waals surface area contributed by atoms with Crippen molar-refractivity contribution in [2.75, 3.05) is 11.9 Å². The summed E-state index contributed by atoms with van der Waals surface area (Å²) in [6.45, 7) is 2.30. The van der Waals surface area contributed by atoms with Crippen molar-refractivity contribution in [1.82, 2.24) is 4.98 Å². The average molecular weight is 265 g/mol. The number of nitrogens with two attached hydrogens (primary N) is 1. The van der Waals surface area contributed by atoms with Gasteiger partial charge in [0.05, 0.1) is 6.54 Å². The number of anilines is 1. The van der Waals surface area contributed by atoms with Crippen LogP contribution in [-0.2, 0) is 0 Å². The van der Waals surface area contributed by atoms with Crippen LogP contribution in [0.5, 0.6) is 0 Å². The summed E-state index contributed by atoms with van der Waals surface area (Å²) in [5.74, 6) is 5.35. The van der Waals surface area contributed by atoms with Gasteiger partial charge in [0, 0.05) is 17.4 Å². The van der Waals surface area contributed by atoms with Crippen LogP contribution in [-0.4, -0.2) is 17.4 Å². The number of nitrogens with zero attached hydrogens (tertiary/aromatic N) is 1. The highest BCUT2D eigenvalue weighted by Crippen LogP contribution is 2.10. The predicted molar refractivity (Wildman–Crippen MR) is 79.3 cm³/mol. The molecule has 0 unspecified atom stereocenters. The fraction of sp³-hybridized carbons (Fsp3) is 0.125. The SMILES string of the molecule is Cc1ccc(NC(=O)c2ccc(C#CCN)cn2)cc1. The van der Waals surface area contributed by atoms with Crippen LogP contribution >= 0.6 is 0 Å². The normalized spacial score (nSPS) is 9.50. The molecule has 2 aromatic rings. The van der Waals surface area contributed by atoms with Crippen LogP contribution in [0.3, 0.4) is 0 Å². The molecule has 0 saturated carbocycles. The summed E-state index contributed by atoms with van der Waals surface area (Å²) in [5, 5.41) is 2.79. The fourth-order valence-corrected chi connectivity index (χ4v) is 1.59. The van der Waals surface area contributed by atoms with Crippen LogP contribution in [0.1, 0.15) is 21.6 Å². The molecule has 1 amide bonds. The summed E-state index contributed by atoms with van der Waals surface area (Å²) in [4.78, 5) is 16.1. The van der Waals surface area contributed by atoms with Gasteiger partial charge in [-0.05, 0) is 31.2 Å². The number of aryl methyl sites for hydroxylation is 1. The molecule has 4 nitrogen and oxygen atoms in total. The molecule has 0 saturated heterocycles. The lowest BCUT2D eigenvalue weighted by Crippen LogP contribution is -2.13. The van der Waals surface area contributed by atoms with Crippen LogP contribution in [0.4, 0.5) is 5.69 Å². The van der Waals surface area contributed by atoms with E-state index in [-0.39, 0.29) is 5.91 Å². The number of hydrogen-bond acceptors (Lipinski definition) is 3. The lowest BCUT2D eigenvalue weighted by Gasteiger charge is -2.04. The van der Waals surface area contributed by atoms with Gasteiger partial charge in [-0.15, -0.1) is 0 Å². The molecular weight excluding hydrogens is 250 g/mol. The summed E-state index contributed by atoms with van der Waals surface area (Å²) in [5.41, 5.74) is 8.27. The Bertz CT molecular complexity index is 649. The molecule has 0 radical (unpaired) electrons. The summed E-state index contributed by atoms with van der Waals surface area (Å²) in [6, 6.07) is 11.0. The number of pyridine rings is 1. The zero-order valence-corrected chi connectivity index (χ0v) is 11.2. The van der Waals surface area contributed by atoms with Crippen LogP contribution < -0.4 is 11.1 Å². The van der Waals surface area contributed by atoms with E-state index in [9.17, 15) is 4.79 Å². The van der Waals surface area contributed by atoms with Gasteiger partial charge in [-0.25, -0.2) is 4.98 Å². The summed E-state index contributed by atoms with van der Waals surface area (Å²) < 4.78 is 0. The Labute approximate surface area is 118 Å². The molecule has 0 aliphatic carbocycles. The lowest BCUT2D eigenvalue weighted by atomic mass is 10.2. The second-order valence-electron chi connectivity index (χ2n) is 4.26. The maximum atomic E-state index is 12.0. The van der Waals surface area contributed by atoms with E-state index in [4.69, 9.17) is 5.73 Å². The highest BCUT2D eigenvalue weighted by atomic mass is 16.1. The molecule has 1 heterocycles. The minimum atomic E-state index is -0.243. The van der Waals surface area contributed by atoms with Crippen LogP contribution in [0.15, 0.2) is 42.6 Å². The smallest absolute Gasteiger partial charge is 0.274 e. The molecular formula is C16H15N3O. The number of amides is 1. The maximum Gasteiger partial charge on any atom is 0.274 e. The molecule has 0 spiro atoms. The highest BCUT2D eigenvalue weighted by molar-refractivity contribution is 6.02. The van der Waals surface area contributed by atoms with Crippen molar-refractivity contribution in [3.05, 3.63) is 59.4 Å². The van der Waals surface area contributed by atoms with E-state index in [0.717, 1.165) is 16.8 Å². The summed E-state index contributed by atoms with van der Waals surface area (Å²) in [6.07, 6.45) is 1.56. The van der Waals surface area contributed by atoms with Gasteiger partial charge in [-0.3, -0.25) is 4.79 Å². The average Bonchev–Trinajstić information content (AvgIpc) is 2.48. The Morgan fingerprint density at radius 3 is 2.60 bits per heavy atom. The first-order valence-electron chi connectivity index (χ1n) is 6.22. The number of aromatic nitrogens is 1. The quantitative estimate of drug-likeness (QED) is 0.815. The second-order valence-corrected chi connectivity index (χ2v) is 4.26. The molecule has 4 heteroatoms. The molecule has 0 bridgehead atoms. The van der Waals surface area contributed by atoms with Crippen LogP contribution in [0.25, 0.3) is 0 Å². The molecule has 100 valence electrons. The van der Waals surface area contributed by atoms with Crippen molar-refractivity contribution < 1.29 is 4.79 Å². The molecule has 20 heavy (non-hydrogen) atoms. The molecule has 2 rings (SSSR count). The summed E-state index contributed by atoms with van der Waals surface area (Å²) in [7, 11) is 0. The molecule has 0 aliphatic rings. The van der Waals surface area contributed by atoms with Crippen molar-refractivity contribution >= 4 is 11.6 Å². The van der Waals surface area contributed by atoms with Gasteiger partial charge >= 0.3 is 0 Å². The zero-order chi connectivity index (χ0) is 14.4. The van der Waals surface area contributed by atoms with E-state index in [1.807, 2.05) is 31.2 Å². The van der Waals surface area contributed by atoms with E-state index < -0.39 is 0 Å². The zero-order valence-electron chi connectivity index (χ0n) is 11.2. The van der Waals surface area contributed by atoms with E-state index in [1.54, 1.807) is 18.3 Å². The first kappa shape index (κ1) is 13.8. The molecule has 0 atom stereocenters. The van der Waals surface area contributed by atoms with Crippen molar-refractivity contribution in [2.45, 2.75) is 6.92 Å². The minimum Gasteiger partial charge on any atom is -0.321 e. The first-order valence-corrected chi connectivity index (χ1v) is 6.22. The van der Waals surface area contributed by atoms with Crippen LogP contribution in [0, 0.1) is 18.8 Å². The topological polar surface area (TPSA) is 68.0 Å². The largest absolute Gasteiger partial charge is 0.321 e. The van der Waals surface area contributed by atoms with Gasteiger partial charge < -0.3 is 11.1 Å². The molecule has 0 aliphatic heterocycles. The third-order valence-electron chi connectivity index (χ3n) is 2.64. The van der Waals surface area contributed by atoms with E-state index in [0.29, 0.717) is 12.2 Å². The Kier molecular flexibility index (Phi) is 4.48. The monoisotopic (exact) mass is 265 g/mol. The molecule has 1 aromatic heterocycles. The maximum absolute atomic E-state index is 12.0. The Morgan fingerprint density at radius 2 is 2.00 bits per heavy atom. The van der Waals surface area contributed by atoms with Gasteiger partial charge in [0.2, 0.25) is 0 Å². The lowest BCUT2D eigenvalue weighted by molar-refractivity contribution is 0.102. The Balaban J connectivity index is 2.07. The number of nitrogens with one attached hydrogen (secondary N) is 1. The van der Waals surface area contributed by atoms with E-state index in [1.165, 1.54) is 0 Å². The molecule has 0 fully saturated rings.